The maximum absolute atomic E-state index is 11.9. The maximum atomic E-state index is 11.9. The smallest absolute Gasteiger partial charge is 0.340 e. The number of carbonyl (C=O) groups is 1. The summed E-state index contributed by atoms with van der Waals surface area (Å²) in [4.78, 5) is 14.1. The number of anilines is 2. The molecule has 1 aliphatic heterocycles. The first-order valence-electron chi connectivity index (χ1n) is 7.41. The van der Waals surface area contributed by atoms with Gasteiger partial charge in [0.25, 0.3) is 0 Å². The number of benzene rings is 1. The highest BCUT2D eigenvalue weighted by Crippen LogP contribution is 2.31. The number of rotatable bonds is 4. The molecule has 0 bridgehead atoms. The zero-order valence-corrected chi connectivity index (χ0v) is 13.0. The summed E-state index contributed by atoms with van der Waals surface area (Å²) in [6, 6.07) is 5.50. The lowest BCUT2D eigenvalue weighted by molar-refractivity contribution is 0.0498. The van der Waals surface area contributed by atoms with Crippen LogP contribution >= 0.6 is 0 Å². The monoisotopic (exact) mass is 292 g/mol. The average Bonchev–Trinajstić information content (AvgIpc) is 2.48. The number of methoxy groups -OCH3 is 1. The fourth-order valence-corrected chi connectivity index (χ4v) is 2.78. The molecule has 1 aliphatic rings. The first-order chi connectivity index (χ1) is 10.1. The van der Waals surface area contributed by atoms with Crippen molar-refractivity contribution in [1.29, 1.82) is 0 Å². The zero-order chi connectivity index (χ0) is 15.4. The zero-order valence-electron chi connectivity index (χ0n) is 13.0. The molecule has 5 nitrogen and oxygen atoms in total. The van der Waals surface area contributed by atoms with Gasteiger partial charge in [-0.25, -0.2) is 4.79 Å². The summed E-state index contributed by atoms with van der Waals surface area (Å²) in [7, 11) is 1.74. The van der Waals surface area contributed by atoms with Gasteiger partial charge in [0, 0.05) is 20.2 Å². The van der Waals surface area contributed by atoms with Crippen LogP contribution in [0.25, 0.3) is 0 Å². The van der Waals surface area contributed by atoms with E-state index in [9.17, 15) is 4.79 Å². The number of hydrogen-bond acceptors (Lipinski definition) is 5. The topological polar surface area (TPSA) is 64.8 Å². The summed E-state index contributed by atoms with van der Waals surface area (Å²) < 4.78 is 10.6. The molecule has 1 aromatic carbocycles. The Morgan fingerprint density at radius 1 is 1.48 bits per heavy atom. The predicted octanol–water partition coefficient (Wildman–Crippen LogP) is 2.31. The lowest BCUT2D eigenvalue weighted by Gasteiger charge is -2.38. The molecule has 0 radical (unpaired) electrons. The lowest BCUT2D eigenvalue weighted by Crippen LogP contribution is -2.44. The number of ether oxygens (including phenoxy) is 2. The van der Waals surface area contributed by atoms with Crippen molar-refractivity contribution in [3.05, 3.63) is 23.8 Å². The van der Waals surface area contributed by atoms with Crippen molar-refractivity contribution in [2.24, 2.45) is 5.92 Å². The molecule has 2 rings (SSSR count). The van der Waals surface area contributed by atoms with Crippen LogP contribution in [-0.2, 0) is 9.47 Å². The fraction of sp³-hybridized carbons (Fsp3) is 0.562. The molecule has 0 aliphatic carbocycles. The van der Waals surface area contributed by atoms with E-state index in [1.807, 2.05) is 12.1 Å². The third-order valence-electron chi connectivity index (χ3n) is 4.11. The summed E-state index contributed by atoms with van der Waals surface area (Å²) in [5.74, 6) is 0.159. The second-order valence-electron chi connectivity index (χ2n) is 5.44. The number of carbonyl (C=O) groups excluding carboxylic acids is 1. The van der Waals surface area contributed by atoms with E-state index < -0.39 is 0 Å². The summed E-state index contributed by atoms with van der Waals surface area (Å²) >= 11 is 0. The molecule has 5 heteroatoms. The molecular weight excluding hydrogens is 268 g/mol. The molecule has 0 amide bonds. The number of nitrogens with zero attached hydrogens (tertiary/aromatic N) is 1. The highest BCUT2D eigenvalue weighted by atomic mass is 16.5. The van der Waals surface area contributed by atoms with Crippen LogP contribution < -0.4 is 10.6 Å². The second-order valence-corrected chi connectivity index (χ2v) is 5.44. The maximum Gasteiger partial charge on any atom is 0.340 e. The molecule has 21 heavy (non-hydrogen) atoms. The van der Waals surface area contributed by atoms with E-state index in [0.717, 1.165) is 25.2 Å². The number of nitrogens with two attached hydrogens (primary N) is 1. The Bertz CT molecular complexity index is 504. The quantitative estimate of drug-likeness (QED) is 0.681. The SMILES string of the molecule is CCOC(=O)c1cccc(N2CCC(C)C(OC)C2)c1N. The van der Waals surface area contributed by atoms with Gasteiger partial charge in [-0.05, 0) is 31.4 Å². The van der Waals surface area contributed by atoms with Gasteiger partial charge in [0.15, 0.2) is 0 Å². The van der Waals surface area contributed by atoms with Crippen LogP contribution in [0, 0.1) is 5.92 Å². The van der Waals surface area contributed by atoms with Crippen molar-refractivity contribution < 1.29 is 14.3 Å². The standard InChI is InChI=1S/C16H24N2O3/c1-4-21-16(19)12-6-5-7-13(15(12)17)18-9-8-11(2)14(10-18)20-3/h5-7,11,14H,4,8-10,17H2,1-3H3. The molecule has 1 saturated heterocycles. The molecule has 116 valence electrons. The van der Waals surface area contributed by atoms with Crippen molar-refractivity contribution in [2.45, 2.75) is 26.4 Å². The van der Waals surface area contributed by atoms with Crippen LogP contribution in [-0.4, -0.2) is 38.9 Å². The van der Waals surface area contributed by atoms with Gasteiger partial charge < -0.3 is 20.1 Å². The third kappa shape index (κ3) is 3.29. The number of piperidine rings is 1. The van der Waals surface area contributed by atoms with E-state index in [2.05, 4.69) is 11.8 Å². The first-order valence-corrected chi connectivity index (χ1v) is 7.41. The predicted molar refractivity (Wildman–Crippen MR) is 83.6 cm³/mol. The van der Waals surface area contributed by atoms with E-state index in [-0.39, 0.29) is 12.1 Å². The molecule has 0 saturated carbocycles. The van der Waals surface area contributed by atoms with Crippen LogP contribution in [0.3, 0.4) is 0 Å². The largest absolute Gasteiger partial charge is 0.462 e. The van der Waals surface area contributed by atoms with Crippen LogP contribution in [0.2, 0.25) is 0 Å². The number of nitrogen functional groups attached to an aromatic ring is 1. The molecule has 2 unspecified atom stereocenters. The van der Waals surface area contributed by atoms with Gasteiger partial charge in [-0.15, -0.1) is 0 Å². The Morgan fingerprint density at radius 3 is 2.90 bits per heavy atom. The van der Waals surface area contributed by atoms with E-state index in [0.29, 0.717) is 23.8 Å². The van der Waals surface area contributed by atoms with Crippen molar-refractivity contribution >= 4 is 17.3 Å². The Balaban J connectivity index is 2.24. The van der Waals surface area contributed by atoms with E-state index in [4.69, 9.17) is 15.2 Å². The van der Waals surface area contributed by atoms with Gasteiger partial charge in [-0.2, -0.15) is 0 Å². The third-order valence-corrected chi connectivity index (χ3v) is 4.11. The molecule has 2 N–H and O–H groups in total. The van der Waals surface area contributed by atoms with Crippen LogP contribution in [0.4, 0.5) is 11.4 Å². The Labute approximate surface area is 126 Å². The van der Waals surface area contributed by atoms with Crippen molar-refractivity contribution in [3.63, 3.8) is 0 Å². The average molecular weight is 292 g/mol. The molecule has 2 atom stereocenters. The summed E-state index contributed by atoms with van der Waals surface area (Å²) in [5, 5.41) is 0. The van der Waals surface area contributed by atoms with Crippen LogP contribution in [0.5, 0.6) is 0 Å². The summed E-state index contributed by atoms with van der Waals surface area (Å²) in [6.45, 7) is 6.03. The highest BCUT2D eigenvalue weighted by molar-refractivity contribution is 5.98. The van der Waals surface area contributed by atoms with Gasteiger partial charge in [0.05, 0.1) is 29.6 Å². The fourth-order valence-electron chi connectivity index (χ4n) is 2.78. The summed E-state index contributed by atoms with van der Waals surface area (Å²) in [5.41, 5.74) is 7.99. The first kappa shape index (κ1) is 15.6. The molecule has 1 heterocycles. The van der Waals surface area contributed by atoms with Crippen LogP contribution in [0.15, 0.2) is 18.2 Å². The van der Waals surface area contributed by atoms with E-state index >= 15 is 0 Å². The normalized spacial score (nSPS) is 22.1. The van der Waals surface area contributed by atoms with Gasteiger partial charge >= 0.3 is 5.97 Å². The van der Waals surface area contributed by atoms with Crippen LogP contribution in [0.1, 0.15) is 30.6 Å². The Morgan fingerprint density at radius 2 is 2.24 bits per heavy atom. The summed E-state index contributed by atoms with van der Waals surface area (Å²) in [6.07, 6.45) is 1.23. The van der Waals surface area contributed by atoms with E-state index in [1.165, 1.54) is 0 Å². The van der Waals surface area contributed by atoms with Crippen molar-refractivity contribution in [2.75, 3.05) is 37.4 Å². The number of hydrogen-bond donors (Lipinski definition) is 1. The van der Waals surface area contributed by atoms with Gasteiger partial charge in [0.1, 0.15) is 0 Å². The lowest BCUT2D eigenvalue weighted by atomic mass is 9.95. The minimum atomic E-state index is -0.370. The highest BCUT2D eigenvalue weighted by Gasteiger charge is 2.28. The van der Waals surface area contributed by atoms with Crippen molar-refractivity contribution in [3.8, 4) is 0 Å². The molecular formula is C16H24N2O3. The minimum Gasteiger partial charge on any atom is -0.462 e. The Hall–Kier alpha value is -1.75. The molecule has 0 aromatic heterocycles. The Kier molecular flexibility index (Phi) is 5.07. The number of esters is 1. The minimum absolute atomic E-state index is 0.185. The molecule has 0 spiro atoms. The second kappa shape index (κ2) is 6.80. The van der Waals surface area contributed by atoms with Crippen molar-refractivity contribution in [1.82, 2.24) is 0 Å². The molecule has 1 aromatic rings. The molecule has 1 fully saturated rings. The van der Waals surface area contributed by atoms with E-state index in [1.54, 1.807) is 20.1 Å². The van der Waals surface area contributed by atoms with Gasteiger partial charge in [-0.3, -0.25) is 0 Å². The van der Waals surface area contributed by atoms with Gasteiger partial charge in [0.2, 0.25) is 0 Å². The van der Waals surface area contributed by atoms with Gasteiger partial charge in [-0.1, -0.05) is 13.0 Å². The number of para-hydroxylation sites is 1.